The van der Waals surface area contributed by atoms with Gasteiger partial charge in [0.2, 0.25) is 0 Å². The summed E-state index contributed by atoms with van der Waals surface area (Å²) in [6.45, 7) is 5.64. The highest BCUT2D eigenvalue weighted by atomic mass is 79.9. The van der Waals surface area contributed by atoms with Crippen molar-refractivity contribution in [2.75, 3.05) is 0 Å². The van der Waals surface area contributed by atoms with Gasteiger partial charge in [0.1, 0.15) is 5.60 Å². The van der Waals surface area contributed by atoms with Gasteiger partial charge in [-0.2, -0.15) is 0 Å². The van der Waals surface area contributed by atoms with Gasteiger partial charge < -0.3 is 10.1 Å². The smallest absolute Gasteiger partial charge is 0.407 e. The number of nitrogens with one attached hydrogen (secondary N) is 1. The summed E-state index contributed by atoms with van der Waals surface area (Å²) in [6.07, 6.45) is 3.71. The topological polar surface area (TPSA) is 38.3 Å². The summed E-state index contributed by atoms with van der Waals surface area (Å²) in [6, 6.07) is 6.57. The Morgan fingerprint density at radius 3 is 2.80 bits per heavy atom. The molecule has 0 fully saturated rings. The van der Waals surface area contributed by atoms with Gasteiger partial charge in [0.25, 0.3) is 0 Å². The fourth-order valence-corrected chi connectivity index (χ4v) is 2.94. The van der Waals surface area contributed by atoms with E-state index in [-0.39, 0.29) is 12.1 Å². The van der Waals surface area contributed by atoms with Crippen LogP contribution in [0.1, 0.15) is 44.7 Å². The molecule has 1 atom stereocenters. The fraction of sp³-hybridized carbons (Fsp3) is 0.562. The predicted octanol–water partition coefficient (Wildman–Crippen LogP) is 4.22. The summed E-state index contributed by atoms with van der Waals surface area (Å²) in [5.41, 5.74) is 2.26. The van der Waals surface area contributed by atoms with Crippen molar-refractivity contribution in [2.24, 2.45) is 0 Å². The third-order valence-corrected chi connectivity index (χ3v) is 3.85. The molecule has 1 aliphatic carbocycles. The molecule has 0 saturated carbocycles. The number of rotatable bonds is 1. The third kappa shape index (κ3) is 4.51. The standard InChI is InChI=1S/C16H22BrNO2/c1-16(2,3)20-15(19)18-14-6-4-5-11-7-8-13(17)9-12(11)10-14/h7-9,14H,4-6,10H2,1-3H3,(H,18,19). The van der Waals surface area contributed by atoms with E-state index in [1.807, 2.05) is 20.8 Å². The zero-order valence-electron chi connectivity index (χ0n) is 12.3. The van der Waals surface area contributed by atoms with Gasteiger partial charge in [0.05, 0.1) is 0 Å². The molecule has 1 aromatic carbocycles. The molecule has 20 heavy (non-hydrogen) atoms. The molecule has 0 radical (unpaired) electrons. The molecule has 0 heterocycles. The van der Waals surface area contributed by atoms with Gasteiger partial charge in [-0.15, -0.1) is 0 Å². The van der Waals surface area contributed by atoms with Crippen molar-refractivity contribution in [2.45, 2.75) is 58.1 Å². The van der Waals surface area contributed by atoms with Gasteiger partial charge in [0, 0.05) is 10.5 Å². The van der Waals surface area contributed by atoms with Gasteiger partial charge >= 0.3 is 6.09 Å². The molecular formula is C16H22BrNO2. The molecule has 0 aromatic heterocycles. The molecule has 110 valence electrons. The number of carbonyl (C=O) groups is 1. The molecule has 1 amide bonds. The van der Waals surface area contributed by atoms with Crippen molar-refractivity contribution in [3.8, 4) is 0 Å². The second kappa shape index (κ2) is 6.17. The first kappa shape index (κ1) is 15.4. The van der Waals surface area contributed by atoms with Crippen LogP contribution in [0.3, 0.4) is 0 Å². The Hall–Kier alpha value is -1.03. The van der Waals surface area contributed by atoms with Gasteiger partial charge in [-0.25, -0.2) is 4.79 Å². The monoisotopic (exact) mass is 339 g/mol. The summed E-state index contributed by atoms with van der Waals surface area (Å²) < 4.78 is 6.43. The summed E-state index contributed by atoms with van der Waals surface area (Å²) >= 11 is 3.51. The van der Waals surface area contributed by atoms with Gasteiger partial charge in [-0.1, -0.05) is 22.0 Å². The number of hydrogen-bond donors (Lipinski definition) is 1. The van der Waals surface area contributed by atoms with Crippen LogP contribution in [0.15, 0.2) is 22.7 Å². The highest BCUT2D eigenvalue weighted by molar-refractivity contribution is 9.10. The molecule has 1 aromatic rings. The van der Waals surface area contributed by atoms with E-state index < -0.39 is 5.60 Å². The van der Waals surface area contributed by atoms with Crippen molar-refractivity contribution in [3.63, 3.8) is 0 Å². The van der Waals surface area contributed by atoms with E-state index >= 15 is 0 Å². The van der Waals surface area contributed by atoms with Gasteiger partial charge in [-0.05, 0) is 69.7 Å². The number of alkyl carbamates (subject to hydrolysis) is 1. The predicted molar refractivity (Wildman–Crippen MR) is 83.9 cm³/mol. The van der Waals surface area contributed by atoms with Crippen molar-refractivity contribution in [1.82, 2.24) is 5.32 Å². The number of ether oxygens (including phenoxy) is 1. The molecule has 1 N–H and O–H groups in total. The highest BCUT2D eigenvalue weighted by Crippen LogP contribution is 2.24. The van der Waals surface area contributed by atoms with Crippen LogP contribution in [-0.2, 0) is 17.6 Å². The minimum absolute atomic E-state index is 0.153. The number of benzene rings is 1. The largest absolute Gasteiger partial charge is 0.444 e. The molecule has 3 nitrogen and oxygen atoms in total. The zero-order valence-corrected chi connectivity index (χ0v) is 13.9. The number of fused-ring (bicyclic) bond motifs is 1. The van der Waals surface area contributed by atoms with Crippen LogP contribution in [0.25, 0.3) is 0 Å². The first-order valence-electron chi connectivity index (χ1n) is 7.10. The van der Waals surface area contributed by atoms with Crippen molar-refractivity contribution < 1.29 is 9.53 Å². The quantitative estimate of drug-likeness (QED) is 0.778. The lowest BCUT2D eigenvalue weighted by atomic mass is 10.0. The maximum atomic E-state index is 11.9. The van der Waals surface area contributed by atoms with E-state index in [2.05, 4.69) is 39.4 Å². The van der Waals surface area contributed by atoms with Crippen LogP contribution in [0, 0.1) is 0 Å². The number of halogens is 1. The number of carbonyl (C=O) groups excluding carboxylic acids is 1. The third-order valence-electron chi connectivity index (χ3n) is 3.35. The lowest BCUT2D eigenvalue weighted by molar-refractivity contribution is 0.0502. The Morgan fingerprint density at radius 2 is 2.10 bits per heavy atom. The van der Waals surface area contributed by atoms with E-state index in [0.29, 0.717) is 0 Å². The Bertz CT molecular complexity index is 494. The number of amides is 1. The Morgan fingerprint density at radius 1 is 1.35 bits per heavy atom. The second-order valence-electron chi connectivity index (χ2n) is 6.35. The SMILES string of the molecule is CC(C)(C)OC(=O)NC1CCCc2ccc(Br)cc2C1. The van der Waals surface area contributed by atoms with E-state index in [0.717, 1.165) is 30.2 Å². The van der Waals surface area contributed by atoms with Crippen molar-refractivity contribution in [3.05, 3.63) is 33.8 Å². The van der Waals surface area contributed by atoms with Crippen LogP contribution in [0.4, 0.5) is 4.79 Å². The highest BCUT2D eigenvalue weighted by Gasteiger charge is 2.22. The molecule has 0 saturated heterocycles. The fourth-order valence-electron chi connectivity index (χ4n) is 2.53. The molecule has 1 aliphatic rings. The summed E-state index contributed by atoms with van der Waals surface area (Å²) in [5, 5.41) is 3.00. The lowest BCUT2D eigenvalue weighted by Gasteiger charge is -2.23. The van der Waals surface area contributed by atoms with Gasteiger partial charge in [0.15, 0.2) is 0 Å². The number of aryl methyl sites for hydroxylation is 1. The van der Waals surface area contributed by atoms with E-state index in [1.54, 1.807) is 0 Å². The molecular weight excluding hydrogens is 318 g/mol. The van der Waals surface area contributed by atoms with Crippen LogP contribution >= 0.6 is 15.9 Å². The van der Waals surface area contributed by atoms with Crippen LogP contribution in [0.5, 0.6) is 0 Å². The Balaban J connectivity index is 2.02. The van der Waals surface area contributed by atoms with E-state index in [4.69, 9.17) is 4.74 Å². The molecule has 0 spiro atoms. The number of hydrogen-bond acceptors (Lipinski definition) is 2. The Labute approximate surface area is 129 Å². The molecule has 2 rings (SSSR count). The summed E-state index contributed by atoms with van der Waals surface area (Å²) in [7, 11) is 0. The lowest BCUT2D eigenvalue weighted by Crippen LogP contribution is -2.40. The first-order chi connectivity index (χ1) is 9.33. The van der Waals surface area contributed by atoms with Crippen molar-refractivity contribution >= 4 is 22.0 Å². The normalized spacial score (nSPS) is 18.9. The average molecular weight is 340 g/mol. The van der Waals surface area contributed by atoms with Crippen LogP contribution in [0.2, 0.25) is 0 Å². The van der Waals surface area contributed by atoms with Crippen LogP contribution < -0.4 is 5.32 Å². The molecule has 0 bridgehead atoms. The summed E-state index contributed by atoms with van der Waals surface area (Å²) in [4.78, 5) is 11.9. The second-order valence-corrected chi connectivity index (χ2v) is 7.27. The summed E-state index contributed by atoms with van der Waals surface area (Å²) in [5.74, 6) is 0. The van der Waals surface area contributed by atoms with E-state index in [9.17, 15) is 4.79 Å². The minimum Gasteiger partial charge on any atom is -0.444 e. The Kier molecular flexibility index (Phi) is 4.74. The van der Waals surface area contributed by atoms with Gasteiger partial charge in [-0.3, -0.25) is 0 Å². The molecule has 0 aliphatic heterocycles. The molecule has 1 unspecified atom stereocenters. The van der Waals surface area contributed by atoms with Crippen LogP contribution in [-0.4, -0.2) is 17.7 Å². The first-order valence-corrected chi connectivity index (χ1v) is 7.89. The molecule has 4 heteroatoms. The zero-order chi connectivity index (χ0) is 14.8. The maximum absolute atomic E-state index is 11.9. The minimum atomic E-state index is -0.449. The maximum Gasteiger partial charge on any atom is 0.407 e. The van der Waals surface area contributed by atoms with Crippen molar-refractivity contribution in [1.29, 1.82) is 0 Å². The van der Waals surface area contributed by atoms with E-state index in [1.165, 1.54) is 11.1 Å². The average Bonchev–Trinajstić information content (AvgIpc) is 2.47.